The maximum absolute atomic E-state index is 13.3. The first kappa shape index (κ1) is 14.7. The number of rotatable bonds is 5. The normalized spacial score (nSPS) is 10.6. The van der Waals surface area contributed by atoms with E-state index >= 15 is 0 Å². The molecule has 2 rings (SSSR count). The molecule has 1 aromatic carbocycles. The Labute approximate surface area is 124 Å². The number of hydrogen-bond acceptors (Lipinski definition) is 3. The molecule has 106 valence electrons. The Bertz CT molecular complexity index is 640. The molecular weight excluding hydrogens is 327 g/mol. The van der Waals surface area contributed by atoms with Crippen LogP contribution < -0.4 is 4.74 Å². The maximum atomic E-state index is 13.3. The van der Waals surface area contributed by atoms with E-state index in [1.54, 1.807) is 0 Å². The summed E-state index contributed by atoms with van der Waals surface area (Å²) in [7, 11) is 0. The number of aryl methyl sites for hydroxylation is 2. The summed E-state index contributed by atoms with van der Waals surface area (Å²) in [5.74, 6) is -0.177. The second kappa shape index (κ2) is 6.17. The van der Waals surface area contributed by atoms with Gasteiger partial charge in [0.2, 0.25) is 0 Å². The molecule has 0 fully saturated rings. The minimum Gasteiger partial charge on any atom is -0.487 e. The van der Waals surface area contributed by atoms with E-state index in [-0.39, 0.29) is 12.2 Å². The SMILES string of the molecule is CCn1nc(C)c(Br)c1COc1cc(F)cc(C=O)c1. The van der Waals surface area contributed by atoms with Gasteiger partial charge in [-0.15, -0.1) is 0 Å². The largest absolute Gasteiger partial charge is 0.487 e. The van der Waals surface area contributed by atoms with Crippen LogP contribution in [-0.2, 0) is 13.2 Å². The highest BCUT2D eigenvalue weighted by atomic mass is 79.9. The van der Waals surface area contributed by atoms with Crippen molar-refractivity contribution in [3.8, 4) is 5.75 Å². The van der Waals surface area contributed by atoms with Gasteiger partial charge in [0.1, 0.15) is 24.5 Å². The van der Waals surface area contributed by atoms with E-state index in [0.717, 1.165) is 21.9 Å². The Morgan fingerprint density at radius 1 is 1.45 bits per heavy atom. The van der Waals surface area contributed by atoms with E-state index < -0.39 is 5.82 Å². The van der Waals surface area contributed by atoms with E-state index in [0.29, 0.717) is 18.6 Å². The van der Waals surface area contributed by atoms with Gasteiger partial charge in [0, 0.05) is 18.2 Å². The van der Waals surface area contributed by atoms with Crippen molar-refractivity contribution in [2.24, 2.45) is 0 Å². The van der Waals surface area contributed by atoms with Crippen molar-refractivity contribution < 1.29 is 13.9 Å². The summed E-state index contributed by atoms with van der Waals surface area (Å²) in [5.41, 5.74) is 2.00. The van der Waals surface area contributed by atoms with Gasteiger partial charge < -0.3 is 4.74 Å². The lowest BCUT2D eigenvalue weighted by Crippen LogP contribution is -2.07. The Morgan fingerprint density at radius 2 is 2.20 bits per heavy atom. The van der Waals surface area contributed by atoms with Crippen LogP contribution in [0.5, 0.6) is 5.75 Å². The lowest BCUT2D eigenvalue weighted by atomic mass is 10.2. The fourth-order valence-corrected chi connectivity index (χ4v) is 2.29. The van der Waals surface area contributed by atoms with Crippen molar-refractivity contribution in [2.45, 2.75) is 27.0 Å². The molecule has 1 aromatic heterocycles. The van der Waals surface area contributed by atoms with E-state index in [1.807, 2.05) is 18.5 Å². The number of halogens is 2. The number of carbonyl (C=O) groups excluding carboxylic acids is 1. The van der Waals surface area contributed by atoms with Gasteiger partial charge in [-0.1, -0.05) is 0 Å². The van der Waals surface area contributed by atoms with Crippen molar-refractivity contribution in [1.82, 2.24) is 9.78 Å². The van der Waals surface area contributed by atoms with E-state index in [4.69, 9.17) is 4.74 Å². The molecule has 0 amide bonds. The molecule has 20 heavy (non-hydrogen) atoms. The van der Waals surface area contributed by atoms with Gasteiger partial charge >= 0.3 is 0 Å². The molecule has 0 aliphatic heterocycles. The average molecular weight is 341 g/mol. The van der Waals surface area contributed by atoms with Crippen LogP contribution in [0.1, 0.15) is 28.7 Å². The van der Waals surface area contributed by atoms with Gasteiger partial charge in [0.15, 0.2) is 0 Å². The van der Waals surface area contributed by atoms with Crippen LogP contribution >= 0.6 is 15.9 Å². The second-order valence-electron chi connectivity index (χ2n) is 4.29. The fourth-order valence-electron chi connectivity index (χ4n) is 1.89. The molecule has 0 saturated carbocycles. The predicted octanol–water partition coefficient (Wildman–Crippen LogP) is 3.50. The zero-order valence-electron chi connectivity index (χ0n) is 11.2. The van der Waals surface area contributed by atoms with Crippen molar-refractivity contribution in [3.63, 3.8) is 0 Å². The number of aromatic nitrogens is 2. The Morgan fingerprint density at radius 3 is 2.85 bits per heavy atom. The fraction of sp³-hybridized carbons (Fsp3) is 0.286. The molecule has 2 aromatic rings. The number of aldehydes is 1. The zero-order chi connectivity index (χ0) is 14.7. The summed E-state index contributed by atoms with van der Waals surface area (Å²) >= 11 is 3.46. The summed E-state index contributed by atoms with van der Waals surface area (Å²) < 4.78 is 21.6. The molecule has 6 heteroatoms. The van der Waals surface area contributed by atoms with Crippen molar-refractivity contribution in [1.29, 1.82) is 0 Å². The lowest BCUT2D eigenvalue weighted by Gasteiger charge is -2.09. The minimum absolute atomic E-state index is 0.247. The number of hydrogen-bond donors (Lipinski definition) is 0. The Hall–Kier alpha value is -1.69. The first-order valence-electron chi connectivity index (χ1n) is 6.15. The smallest absolute Gasteiger partial charge is 0.150 e. The van der Waals surface area contributed by atoms with Crippen molar-refractivity contribution in [3.05, 3.63) is 45.4 Å². The van der Waals surface area contributed by atoms with Crippen LogP contribution in [0.3, 0.4) is 0 Å². The monoisotopic (exact) mass is 340 g/mol. The molecule has 0 aliphatic rings. The molecule has 0 atom stereocenters. The van der Waals surface area contributed by atoms with Crippen LogP contribution in [0.15, 0.2) is 22.7 Å². The predicted molar refractivity (Wildman–Crippen MR) is 76.5 cm³/mol. The second-order valence-corrected chi connectivity index (χ2v) is 5.08. The minimum atomic E-state index is -0.496. The molecule has 0 saturated heterocycles. The summed E-state index contributed by atoms with van der Waals surface area (Å²) in [5, 5.41) is 4.35. The van der Waals surface area contributed by atoms with Crippen LogP contribution in [0, 0.1) is 12.7 Å². The summed E-state index contributed by atoms with van der Waals surface area (Å²) in [6.07, 6.45) is 0.590. The highest BCUT2D eigenvalue weighted by Crippen LogP contribution is 2.23. The topological polar surface area (TPSA) is 44.1 Å². The van der Waals surface area contributed by atoms with Crippen LogP contribution in [-0.4, -0.2) is 16.1 Å². The Balaban J connectivity index is 2.20. The molecule has 0 radical (unpaired) electrons. The van der Waals surface area contributed by atoms with E-state index in [1.165, 1.54) is 12.1 Å². The van der Waals surface area contributed by atoms with Crippen LogP contribution in [0.25, 0.3) is 0 Å². The highest BCUT2D eigenvalue weighted by molar-refractivity contribution is 9.10. The number of carbonyl (C=O) groups is 1. The quantitative estimate of drug-likeness (QED) is 0.782. The zero-order valence-corrected chi connectivity index (χ0v) is 12.8. The number of ether oxygens (including phenoxy) is 1. The summed E-state index contributed by atoms with van der Waals surface area (Å²) in [6, 6.07) is 3.92. The molecular formula is C14H14BrFN2O2. The summed E-state index contributed by atoms with van der Waals surface area (Å²) in [4.78, 5) is 10.7. The average Bonchev–Trinajstić information content (AvgIpc) is 2.71. The van der Waals surface area contributed by atoms with Crippen LogP contribution in [0.2, 0.25) is 0 Å². The Kier molecular flexibility index (Phi) is 4.54. The van der Waals surface area contributed by atoms with Gasteiger partial charge in [-0.3, -0.25) is 9.48 Å². The molecule has 0 aliphatic carbocycles. The third-order valence-electron chi connectivity index (χ3n) is 2.86. The lowest BCUT2D eigenvalue weighted by molar-refractivity contribution is 0.112. The number of nitrogens with zero attached hydrogens (tertiary/aromatic N) is 2. The van der Waals surface area contributed by atoms with Gasteiger partial charge in [-0.05, 0) is 41.9 Å². The molecule has 0 N–H and O–H groups in total. The first-order valence-corrected chi connectivity index (χ1v) is 6.94. The van der Waals surface area contributed by atoms with Crippen molar-refractivity contribution >= 4 is 22.2 Å². The first-order chi connectivity index (χ1) is 9.55. The summed E-state index contributed by atoms with van der Waals surface area (Å²) in [6.45, 7) is 4.84. The molecule has 0 unspecified atom stereocenters. The van der Waals surface area contributed by atoms with E-state index in [2.05, 4.69) is 21.0 Å². The molecule has 0 spiro atoms. The van der Waals surface area contributed by atoms with Gasteiger partial charge in [0.25, 0.3) is 0 Å². The standard InChI is InChI=1S/C14H14BrFN2O2/c1-3-18-13(14(15)9(2)17-18)8-20-12-5-10(7-19)4-11(16)6-12/h4-7H,3,8H2,1-2H3. The van der Waals surface area contributed by atoms with Crippen LogP contribution in [0.4, 0.5) is 4.39 Å². The highest BCUT2D eigenvalue weighted by Gasteiger charge is 2.13. The molecule has 0 bridgehead atoms. The van der Waals surface area contributed by atoms with E-state index in [9.17, 15) is 9.18 Å². The van der Waals surface area contributed by atoms with Gasteiger partial charge in [0.05, 0.1) is 15.9 Å². The van der Waals surface area contributed by atoms with Gasteiger partial charge in [-0.2, -0.15) is 5.10 Å². The third kappa shape index (κ3) is 3.07. The van der Waals surface area contributed by atoms with Crippen molar-refractivity contribution in [2.75, 3.05) is 0 Å². The number of benzene rings is 1. The molecule has 4 nitrogen and oxygen atoms in total. The molecule has 1 heterocycles. The third-order valence-corrected chi connectivity index (χ3v) is 3.89. The maximum Gasteiger partial charge on any atom is 0.150 e. The van der Waals surface area contributed by atoms with Gasteiger partial charge in [-0.25, -0.2) is 4.39 Å².